The molecular weight excluding hydrogens is 215 g/mol. The maximum atomic E-state index is 9.04. The lowest BCUT2D eigenvalue weighted by atomic mass is 9.77. The molecule has 0 atom stereocenters. The highest BCUT2D eigenvalue weighted by atomic mass is 16.7. The third-order valence-electron chi connectivity index (χ3n) is 3.48. The van der Waals surface area contributed by atoms with E-state index in [-0.39, 0.29) is 0 Å². The molecule has 1 aromatic rings. The van der Waals surface area contributed by atoms with E-state index in [1.165, 1.54) is 6.20 Å². The van der Waals surface area contributed by atoms with Crippen LogP contribution in [0, 0.1) is 11.3 Å². The van der Waals surface area contributed by atoms with Crippen LogP contribution in [0.15, 0.2) is 18.5 Å². The van der Waals surface area contributed by atoms with E-state index in [0.717, 1.165) is 5.46 Å². The molecule has 0 amide bonds. The average molecular weight is 230 g/mol. The molecule has 0 aromatic carbocycles. The Bertz CT molecular complexity index is 464. The van der Waals surface area contributed by atoms with E-state index in [0.29, 0.717) is 5.56 Å². The van der Waals surface area contributed by atoms with E-state index in [1.54, 1.807) is 12.3 Å². The number of pyridine rings is 1. The van der Waals surface area contributed by atoms with Gasteiger partial charge in [-0.1, -0.05) is 0 Å². The van der Waals surface area contributed by atoms with Gasteiger partial charge in [0.05, 0.1) is 16.8 Å². The molecule has 0 saturated carbocycles. The van der Waals surface area contributed by atoms with Crippen LogP contribution in [0.25, 0.3) is 0 Å². The van der Waals surface area contributed by atoms with E-state index >= 15 is 0 Å². The Labute approximate surface area is 102 Å². The van der Waals surface area contributed by atoms with Gasteiger partial charge in [-0.3, -0.25) is 4.98 Å². The Morgan fingerprint density at radius 3 is 2.35 bits per heavy atom. The highest BCUT2D eigenvalue weighted by molar-refractivity contribution is 6.62. The van der Waals surface area contributed by atoms with E-state index < -0.39 is 18.3 Å². The van der Waals surface area contributed by atoms with Gasteiger partial charge in [-0.15, -0.1) is 0 Å². The molecule has 88 valence electrons. The molecule has 0 N–H and O–H groups in total. The van der Waals surface area contributed by atoms with Gasteiger partial charge < -0.3 is 9.31 Å². The minimum atomic E-state index is -0.502. The van der Waals surface area contributed by atoms with Crippen LogP contribution in [0.3, 0.4) is 0 Å². The van der Waals surface area contributed by atoms with Crippen molar-refractivity contribution in [2.75, 3.05) is 0 Å². The first-order valence-corrected chi connectivity index (χ1v) is 5.57. The Hall–Kier alpha value is -1.38. The van der Waals surface area contributed by atoms with E-state index in [4.69, 9.17) is 14.6 Å². The van der Waals surface area contributed by atoms with Gasteiger partial charge in [-0.2, -0.15) is 5.26 Å². The summed E-state index contributed by atoms with van der Waals surface area (Å²) in [5.41, 5.74) is 0.438. The third-order valence-corrected chi connectivity index (χ3v) is 3.48. The second-order valence-electron chi connectivity index (χ2n) is 5.16. The Morgan fingerprint density at radius 1 is 1.24 bits per heavy atom. The Kier molecular flexibility index (Phi) is 2.72. The molecule has 0 bridgehead atoms. The van der Waals surface area contributed by atoms with Gasteiger partial charge in [0.25, 0.3) is 0 Å². The van der Waals surface area contributed by atoms with Crippen LogP contribution in [0.2, 0.25) is 0 Å². The number of hydrogen-bond acceptors (Lipinski definition) is 4. The maximum absolute atomic E-state index is 9.04. The molecule has 17 heavy (non-hydrogen) atoms. The van der Waals surface area contributed by atoms with E-state index in [1.807, 2.05) is 27.7 Å². The van der Waals surface area contributed by atoms with Crippen LogP contribution < -0.4 is 5.46 Å². The first-order valence-electron chi connectivity index (χ1n) is 5.57. The average Bonchev–Trinajstić information content (AvgIpc) is 2.48. The molecule has 1 aliphatic heterocycles. The second-order valence-corrected chi connectivity index (χ2v) is 5.16. The topological polar surface area (TPSA) is 55.1 Å². The van der Waals surface area contributed by atoms with Gasteiger partial charge in [0.1, 0.15) is 6.07 Å². The van der Waals surface area contributed by atoms with Crippen molar-refractivity contribution in [3.8, 4) is 6.07 Å². The first kappa shape index (κ1) is 12.1. The molecule has 2 rings (SSSR count). The quantitative estimate of drug-likeness (QED) is 0.681. The number of nitrogens with zero attached hydrogens (tertiary/aromatic N) is 2. The molecule has 1 fully saturated rings. The van der Waals surface area contributed by atoms with Crippen LogP contribution in [0.1, 0.15) is 33.3 Å². The zero-order chi connectivity index (χ0) is 12.7. The van der Waals surface area contributed by atoms with Crippen molar-refractivity contribution in [3.05, 3.63) is 24.0 Å². The van der Waals surface area contributed by atoms with Gasteiger partial charge in [0, 0.05) is 17.9 Å². The van der Waals surface area contributed by atoms with Crippen LogP contribution in [0.5, 0.6) is 0 Å². The Balaban J connectivity index is 2.36. The van der Waals surface area contributed by atoms with Crippen LogP contribution in [-0.4, -0.2) is 23.3 Å². The molecule has 1 aromatic heterocycles. The monoisotopic (exact) mass is 230 g/mol. The molecule has 2 heterocycles. The molecule has 0 unspecified atom stereocenters. The van der Waals surface area contributed by atoms with Gasteiger partial charge in [0.2, 0.25) is 0 Å². The predicted octanol–water partition coefficient (Wildman–Crippen LogP) is 1.25. The number of nitriles is 1. The zero-order valence-corrected chi connectivity index (χ0v) is 10.5. The fourth-order valence-electron chi connectivity index (χ4n) is 1.67. The first-order chi connectivity index (χ1) is 7.87. The van der Waals surface area contributed by atoms with Crippen molar-refractivity contribution in [2.45, 2.75) is 38.9 Å². The fourth-order valence-corrected chi connectivity index (χ4v) is 1.67. The summed E-state index contributed by atoms with van der Waals surface area (Å²) in [5.74, 6) is 0. The molecule has 0 radical (unpaired) electrons. The summed E-state index contributed by atoms with van der Waals surface area (Å²) >= 11 is 0. The summed E-state index contributed by atoms with van der Waals surface area (Å²) in [4.78, 5) is 3.93. The van der Waals surface area contributed by atoms with Gasteiger partial charge in [-0.25, -0.2) is 0 Å². The van der Waals surface area contributed by atoms with Gasteiger partial charge in [0.15, 0.2) is 0 Å². The van der Waals surface area contributed by atoms with Crippen molar-refractivity contribution in [1.29, 1.82) is 5.26 Å². The number of aromatic nitrogens is 1. The minimum absolute atomic E-state index is 0.395. The third kappa shape index (κ3) is 1.94. The van der Waals surface area contributed by atoms with Crippen molar-refractivity contribution in [1.82, 2.24) is 4.98 Å². The summed E-state index contributed by atoms with van der Waals surface area (Å²) in [7, 11) is -0.502. The van der Waals surface area contributed by atoms with E-state index in [2.05, 4.69) is 11.1 Å². The fraction of sp³-hybridized carbons (Fsp3) is 0.500. The lowest BCUT2D eigenvalue weighted by Crippen LogP contribution is -2.41. The molecular formula is C12H15BN2O2. The zero-order valence-electron chi connectivity index (χ0n) is 10.5. The highest BCUT2D eigenvalue weighted by Gasteiger charge is 2.52. The van der Waals surface area contributed by atoms with Crippen LogP contribution in [-0.2, 0) is 9.31 Å². The number of rotatable bonds is 1. The van der Waals surface area contributed by atoms with Crippen molar-refractivity contribution >= 4 is 12.6 Å². The summed E-state index contributed by atoms with van der Waals surface area (Å²) in [5, 5.41) is 9.04. The van der Waals surface area contributed by atoms with Gasteiger partial charge >= 0.3 is 7.12 Å². The largest absolute Gasteiger partial charge is 0.496 e. The SMILES string of the molecule is CC1(C)OB(c2ccncc2C#N)OC1(C)C. The lowest BCUT2D eigenvalue weighted by Gasteiger charge is -2.32. The molecule has 0 aliphatic carbocycles. The summed E-state index contributed by atoms with van der Waals surface area (Å²) in [6.45, 7) is 7.95. The van der Waals surface area contributed by atoms with Crippen molar-refractivity contribution < 1.29 is 9.31 Å². The van der Waals surface area contributed by atoms with Crippen molar-refractivity contribution in [2.24, 2.45) is 0 Å². The minimum Gasteiger partial charge on any atom is -0.399 e. The molecule has 0 spiro atoms. The maximum Gasteiger partial charge on any atom is 0.496 e. The molecule has 5 heteroatoms. The number of hydrogen-bond donors (Lipinski definition) is 0. The van der Waals surface area contributed by atoms with Crippen LogP contribution >= 0.6 is 0 Å². The van der Waals surface area contributed by atoms with E-state index in [9.17, 15) is 0 Å². The molecule has 1 saturated heterocycles. The summed E-state index contributed by atoms with van der Waals surface area (Å²) in [6, 6.07) is 3.87. The smallest absolute Gasteiger partial charge is 0.399 e. The van der Waals surface area contributed by atoms with Gasteiger partial charge in [-0.05, 0) is 33.8 Å². The van der Waals surface area contributed by atoms with Crippen molar-refractivity contribution in [3.63, 3.8) is 0 Å². The Morgan fingerprint density at radius 2 is 1.82 bits per heavy atom. The standard InChI is InChI=1S/C12H15BN2O2/c1-11(2)12(3,4)17-13(16-11)10-5-6-15-8-9(10)7-14/h5-6,8H,1-4H3. The summed E-state index contributed by atoms with van der Waals surface area (Å²) < 4.78 is 11.8. The predicted molar refractivity (Wildman–Crippen MR) is 64.7 cm³/mol. The summed E-state index contributed by atoms with van der Waals surface area (Å²) in [6.07, 6.45) is 3.17. The van der Waals surface area contributed by atoms with Crippen LogP contribution in [0.4, 0.5) is 0 Å². The highest BCUT2D eigenvalue weighted by Crippen LogP contribution is 2.36. The molecule has 4 nitrogen and oxygen atoms in total. The normalized spacial score (nSPS) is 21.2. The molecule has 1 aliphatic rings. The second kappa shape index (κ2) is 3.83. The lowest BCUT2D eigenvalue weighted by molar-refractivity contribution is 0.00578.